The number of carbonyl (C=O) groups excluding carboxylic acids is 1. The van der Waals surface area contributed by atoms with E-state index in [9.17, 15) is 4.79 Å². The number of thiazole rings is 1. The van der Waals surface area contributed by atoms with Crippen molar-refractivity contribution < 1.29 is 18.8 Å². The first kappa shape index (κ1) is 29.7. The maximum Gasteiger partial charge on any atom is 0.262 e. The number of benzene rings is 2. The summed E-state index contributed by atoms with van der Waals surface area (Å²) >= 11 is 1.66. The molecule has 0 unspecified atom stereocenters. The Bertz CT molecular complexity index is 1020. The number of anilines is 1. The summed E-state index contributed by atoms with van der Waals surface area (Å²) in [5.74, 6) is 1.31. The summed E-state index contributed by atoms with van der Waals surface area (Å²) in [4.78, 5) is 12.4. The molecule has 0 aliphatic carbocycles. The molecule has 0 bridgehead atoms. The number of carbonyl (C=O) groups is 1. The third-order valence-electron chi connectivity index (χ3n) is 6.56. The molecule has 1 aromatic heterocycles. The summed E-state index contributed by atoms with van der Waals surface area (Å²) in [6.45, 7) is 3.75. The van der Waals surface area contributed by atoms with Gasteiger partial charge in [0.2, 0.25) is 5.51 Å². The van der Waals surface area contributed by atoms with E-state index in [1.165, 1.54) is 70.6 Å². The van der Waals surface area contributed by atoms with Crippen molar-refractivity contribution in [2.75, 3.05) is 18.5 Å². The predicted octanol–water partition coefficient (Wildman–Crippen LogP) is 8.18. The Hall–Kier alpha value is -2.86. The van der Waals surface area contributed by atoms with E-state index in [0.717, 1.165) is 36.6 Å². The van der Waals surface area contributed by atoms with Crippen molar-refractivity contribution in [3.63, 3.8) is 0 Å². The van der Waals surface area contributed by atoms with E-state index in [-0.39, 0.29) is 12.5 Å². The Morgan fingerprint density at radius 1 is 0.816 bits per heavy atom. The van der Waals surface area contributed by atoms with Gasteiger partial charge in [-0.05, 0) is 42.8 Å². The average Bonchev–Trinajstić information content (AvgIpc) is 3.44. The van der Waals surface area contributed by atoms with Gasteiger partial charge < -0.3 is 14.8 Å². The zero-order valence-corrected chi connectivity index (χ0v) is 23.9. The Morgan fingerprint density at radius 3 is 2.08 bits per heavy atom. The zero-order valence-electron chi connectivity index (χ0n) is 23.0. The van der Waals surface area contributed by atoms with Gasteiger partial charge in [0.1, 0.15) is 11.5 Å². The molecule has 2 aromatic carbocycles. The molecule has 0 atom stereocenters. The van der Waals surface area contributed by atoms with Crippen LogP contribution in [0.5, 0.6) is 11.5 Å². The number of nitrogens with zero attached hydrogens (tertiary/aromatic N) is 1. The van der Waals surface area contributed by atoms with E-state index in [0.29, 0.717) is 5.75 Å². The number of amides is 1. The molecule has 0 aliphatic rings. The van der Waals surface area contributed by atoms with Crippen molar-refractivity contribution in [2.24, 2.45) is 0 Å². The smallest absolute Gasteiger partial charge is 0.262 e. The van der Waals surface area contributed by atoms with Gasteiger partial charge in [0.05, 0.1) is 12.0 Å². The van der Waals surface area contributed by atoms with Crippen LogP contribution in [0.4, 0.5) is 5.69 Å². The van der Waals surface area contributed by atoms with E-state index >= 15 is 0 Å². The zero-order chi connectivity index (χ0) is 26.7. The first-order valence-electron chi connectivity index (χ1n) is 14.4. The molecule has 0 radical (unpaired) electrons. The number of nitrogens with one attached hydrogen (secondary N) is 1. The minimum Gasteiger partial charge on any atom is -0.494 e. The van der Waals surface area contributed by atoms with E-state index < -0.39 is 0 Å². The minimum absolute atomic E-state index is 0.0391. The third-order valence-corrected chi connectivity index (χ3v) is 7.23. The Balaban J connectivity index is 1.22. The van der Waals surface area contributed by atoms with Gasteiger partial charge in [0.25, 0.3) is 5.91 Å². The molecule has 6 heteroatoms. The van der Waals surface area contributed by atoms with Gasteiger partial charge in [-0.15, -0.1) is 0 Å². The van der Waals surface area contributed by atoms with Gasteiger partial charge >= 0.3 is 0 Å². The Kier molecular flexibility index (Phi) is 14.4. The summed E-state index contributed by atoms with van der Waals surface area (Å²) in [6.07, 6.45) is 18.1. The van der Waals surface area contributed by atoms with Gasteiger partial charge in [0.15, 0.2) is 19.3 Å². The molecule has 3 rings (SSSR count). The van der Waals surface area contributed by atoms with Crippen LogP contribution < -0.4 is 19.4 Å². The quantitative estimate of drug-likeness (QED) is 0.117. The normalized spacial score (nSPS) is 10.9. The fraction of sp³-hybridized carbons (Fsp3) is 0.500. The van der Waals surface area contributed by atoms with Crippen molar-refractivity contribution in [2.45, 2.75) is 90.5 Å². The molecule has 0 spiro atoms. The van der Waals surface area contributed by atoms with Crippen LogP contribution in [0.25, 0.3) is 0 Å². The van der Waals surface area contributed by atoms with Gasteiger partial charge in [0, 0.05) is 11.3 Å². The lowest BCUT2D eigenvalue weighted by Gasteiger charge is -2.10. The second kappa shape index (κ2) is 18.4. The highest BCUT2D eigenvalue weighted by Crippen LogP contribution is 2.19. The second-order valence-corrected chi connectivity index (χ2v) is 10.7. The molecule has 3 aromatic rings. The first-order valence-corrected chi connectivity index (χ1v) is 15.3. The van der Waals surface area contributed by atoms with Crippen molar-refractivity contribution >= 4 is 22.9 Å². The summed E-state index contributed by atoms with van der Waals surface area (Å²) < 4.78 is 13.6. The molecule has 1 heterocycles. The number of rotatable bonds is 20. The number of ether oxygens (including phenoxy) is 2. The summed E-state index contributed by atoms with van der Waals surface area (Å²) in [5.41, 5.74) is 3.97. The fourth-order valence-corrected chi connectivity index (χ4v) is 5.02. The SMILES string of the molecule is CCCCCCCCCCCCCCOc1ccc(OCC(=O)Nc2cccc(C[n+]3ccsc3)c2)cc1. The van der Waals surface area contributed by atoms with Crippen LogP contribution in [-0.4, -0.2) is 19.1 Å². The lowest BCUT2D eigenvalue weighted by molar-refractivity contribution is -0.683. The largest absolute Gasteiger partial charge is 0.494 e. The van der Waals surface area contributed by atoms with Crippen molar-refractivity contribution in [3.8, 4) is 11.5 Å². The van der Waals surface area contributed by atoms with Crippen LogP contribution in [0.1, 0.15) is 89.5 Å². The van der Waals surface area contributed by atoms with E-state index in [1.807, 2.05) is 54.0 Å². The third kappa shape index (κ3) is 12.6. The summed E-state index contributed by atoms with van der Waals surface area (Å²) in [5, 5.41) is 4.96. The standard InChI is InChI=1S/C32H44N2O3S/c1-2-3-4-5-6-7-8-9-10-11-12-13-22-36-30-17-19-31(20-18-30)37-26-32(35)33-29-16-14-15-28(24-29)25-34-21-23-38-27-34/h14-21,23-24,27H,2-13,22,25-26H2,1H3/p+1. The van der Waals surface area contributed by atoms with Gasteiger partial charge in [-0.25, -0.2) is 0 Å². The molecule has 0 aliphatic heterocycles. The van der Waals surface area contributed by atoms with E-state index in [1.54, 1.807) is 11.3 Å². The molecule has 1 N–H and O–H groups in total. The monoisotopic (exact) mass is 537 g/mol. The van der Waals surface area contributed by atoms with Crippen molar-refractivity contribution in [1.82, 2.24) is 0 Å². The van der Waals surface area contributed by atoms with Gasteiger partial charge in [-0.2, -0.15) is 4.57 Å². The molecule has 0 saturated carbocycles. The maximum absolute atomic E-state index is 12.4. The van der Waals surface area contributed by atoms with Crippen LogP contribution in [0, 0.1) is 0 Å². The topological polar surface area (TPSA) is 51.4 Å². The lowest BCUT2D eigenvalue weighted by Crippen LogP contribution is -2.30. The van der Waals surface area contributed by atoms with Crippen molar-refractivity contribution in [1.29, 1.82) is 0 Å². The highest BCUT2D eigenvalue weighted by atomic mass is 32.1. The number of hydrogen-bond donors (Lipinski definition) is 1. The van der Waals surface area contributed by atoms with Crippen LogP contribution in [-0.2, 0) is 11.3 Å². The number of aromatic nitrogens is 1. The minimum atomic E-state index is -0.183. The first-order chi connectivity index (χ1) is 18.7. The van der Waals surface area contributed by atoms with Crippen LogP contribution >= 0.6 is 11.3 Å². The fourth-order valence-electron chi connectivity index (χ4n) is 4.42. The molecular weight excluding hydrogens is 492 g/mol. The second-order valence-electron chi connectivity index (χ2n) is 9.95. The average molecular weight is 538 g/mol. The van der Waals surface area contributed by atoms with Crippen LogP contribution in [0.2, 0.25) is 0 Å². The van der Waals surface area contributed by atoms with Gasteiger partial charge in [-0.3, -0.25) is 4.79 Å². The van der Waals surface area contributed by atoms with E-state index in [2.05, 4.69) is 28.4 Å². The van der Waals surface area contributed by atoms with Crippen LogP contribution in [0.15, 0.2) is 65.6 Å². The highest BCUT2D eigenvalue weighted by Gasteiger charge is 2.07. The Morgan fingerprint density at radius 2 is 1.45 bits per heavy atom. The molecular formula is C32H45N2O3S+. The van der Waals surface area contributed by atoms with Crippen molar-refractivity contribution in [3.05, 3.63) is 71.2 Å². The molecule has 1 amide bonds. The van der Waals surface area contributed by atoms with Crippen LogP contribution in [0.3, 0.4) is 0 Å². The molecule has 0 saturated heterocycles. The van der Waals surface area contributed by atoms with E-state index in [4.69, 9.17) is 9.47 Å². The summed E-state index contributed by atoms with van der Waals surface area (Å²) in [7, 11) is 0. The molecule has 5 nitrogen and oxygen atoms in total. The summed E-state index contributed by atoms with van der Waals surface area (Å²) in [6, 6.07) is 15.4. The maximum atomic E-state index is 12.4. The van der Waals surface area contributed by atoms with Gasteiger partial charge in [-0.1, -0.05) is 101 Å². The molecule has 206 valence electrons. The number of unbranched alkanes of at least 4 members (excludes halogenated alkanes) is 11. The lowest BCUT2D eigenvalue weighted by atomic mass is 10.1. The predicted molar refractivity (Wildman–Crippen MR) is 157 cm³/mol. The highest BCUT2D eigenvalue weighted by molar-refractivity contribution is 7.07. The molecule has 0 fully saturated rings. The number of hydrogen-bond acceptors (Lipinski definition) is 4. The Labute approximate surface area is 233 Å². The molecule has 38 heavy (non-hydrogen) atoms.